The Bertz CT molecular complexity index is 1310. The summed E-state index contributed by atoms with van der Waals surface area (Å²) in [5.74, 6) is -0.274. The first-order valence-corrected chi connectivity index (χ1v) is 13.1. The van der Waals surface area contributed by atoms with Gasteiger partial charge in [0, 0.05) is 38.1 Å². The van der Waals surface area contributed by atoms with Gasteiger partial charge < -0.3 is 5.32 Å². The Labute approximate surface area is 211 Å². The van der Waals surface area contributed by atoms with Gasteiger partial charge in [0.25, 0.3) is 11.5 Å². The number of nitrogens with zero attached hydrogens (tertiary/aromatic N) is 4. The van der Waals surface area contributed by atoms with Crippen LogP contribution in [0.1, 0.15) is 73.0 Å². The number of carbonyl (C=O) groups excluding carboxylic acids is 1. The van der Waals surface area contributed by atoms with Crippen molar-refractivity contribution in [3.8, 4) is 6.07 Å². The summed E-state index contributed by atoms with van der Waals surface area (Å²) in [6.07, 6.45) is 11.5. The van der Waals surface area contributed by atoms with E-state index in [2.05, 4.69) is 21.3 Å². The van der Waals surface area contributed by atoms with E-state index in [0.29, 0.717) is 19.4 Å². The van der Waals surface area contributed by atoms with Gasteiger partial charge in [0.1, 0.15) is 11.0 Å². The van der Waals surface area contributed by atoms with Crippen LogP contribution in [0.15, 0.2) is 59.7 Å². The van der Waals surface area contributed by atoms with Crippen LogP contribution in [0.25, 0.3) is 5.52 Å². The highest BCUT2D eigenvalue weighted by molar-refractivity contribution is 5.94. The quantitative estimate of drug-likeness (QED) is 0.549. The number of nitriles is 1. The molecule has 1 aliphatic heterocycles. The monoisotopic (exact) mass is 483 g/mol. The zero-order chi connectivity index (χ0) is 25.0. The first kappa shape index (κ1) is 24.2. The van der Waals surface area contributed by atoms with E-state index in [9.17, 15) is 14.9 Å². The maximum absolute atomic E-state index is 13.3. The van der Waals surface area contributed by atoms with Crippen molar-refractivity contribution in [1.29, 1.82) is 5.26 Å². The second-order valence-corrected chi connectivity index (χ2v) is 10.2. The van der Waals surface area contributed by atoms with Crippen LogP contribution in [-0.4, -0.2) is 39.3 Å². The van der Waals surface area contributed by atoms with Gasteiger partial charge in [-0.15, -0.1) is 0 Å². The number of piperidine rings is 1. The van der Waals surface area contributed by atoms with Crippen LogP contribution in [0.4, 0.5) is 0 Å². The summed E-state index contributed by atoms with van der Waals surface area (Å²) in [4.78, 5) is 33.3. The van der Waals surface area contributed by atoms with Gasteiger partial charge in [-0.3, -0.25) is 23.9 Å². The van der Waals surface area contributed by atoms with Gasteiger partial charge in [-0.1, -0.05) is 37.8 Å². The Balaban J connectivity index is 1.38. The van der Waals surface area contributed by atoms with Crippen LogP contribution in [0.3, 0.4) is 0 Å². The van der Waals surface area contributed by atoms with Gasteiger partial charge in [0.05, 0.1) is 17.3 Å². The van der Waals surface area contributed by atoms with E-state index in [1.807, 2.05) is 36.4 Å². The molecule has 0 spiro atoms. The Hall–Kier alpha value is -3.50. The lowest BCUT2D eigenvalue weighted by atomic mass is 9.76. The molecule has 36 heavy (non-hydrogen) atoms. The molecule has 3 aromatic rings. The molecular formula is C29H33N5O2. The Kier molecular flexibility index (Phi) is 7.15. The zero-order valence-corrected chi connectivity index (χ0v) is 20.7. The highest BCUT2D eigenvalue weighted by Crippen LogP contribution is 2.34. The summed E-state index contributed by atoms with van der Waals surface area (Å²) in [6.45, 7) is 2.10. The molecule has 1 aliphatic carbocycles. The van der Waals surface area contributed by atoms with Gasteiger partial charge in [-0.05, 0) is 61.6 Å². The first-order valence-electron chi connectivity index (χ1n) is 13.1. The van der Waals surface area contributed by atoms with Crippen LogP contribution in [-0.2, 0) is 12.0 Å². The lowest BCUT2D eigenvalue weighted by molar-refractivity contribution is 0.0931. The number of pyridine rings is 3. The fraction of sp³-hybridized carbons (Fsp3) is 0.448. The topological polar surface area (TPSA) is 90.5 Å². The summed E-state index contributed by atoms with van der Waals surface area (Å²) >= 11 is 0. The molecule has 4 heterocycles. The maximum atomic E-state index is 13.3. The molecule has 1 N–H and O–H groups in total. The van der Waals surface area contributed by atoms with E-state index in [-0.39, 0.29) is 23.1 Å². The second kappa shape index (κ2) is 10.6. The Morgan fingerprint density at radius 2 is 1.83 bits per heavy atom. The van der Waals surface area contributed by atoms with Crippen molar-refractivity contribution in [2.45, 2.75) is 69.4 Å². The van der Waals surface area contributed by atoms with E-state index >= 15 is 0 Å². The molecule has 1 amide bonds. The molecule has 5 rings (SSSR count). The average Bonchev–Trinajstić information content (AvgIpc) is 3.20. The molecule has 2 fully saturated rings. The maximum Gasteiger partial charge on any atom is 0.267 e. The number of amides is 1. The van der Waals surface area contributed by atoms with Crippen molar-refractivity contribution in [3.05, 3.63) is 82.0 Å². The third-order valence-corrected chi connectivity index (χ3v) is 7.86. The molecule has 7 heteroatoms. The van der Waals surface area contributed by atoms with Gasteiger partial charge in [0.2, 0.25) is 0 Å². The molecule has 0 aromatic carbocycles. The van der Waals surface area contributed by atoms with Crippen molar-refractivity contribution < 1.29 is 4.79 Å². The van der Waals surface area contributed by atoms with E-state index in [0.717, 1.165) is 55.5 Å². The predicted octanol–water partition coefficient (Wildman–Crippen LogP) is 4.20. The van der Waals surface area contributed by atoms with E-state index < -0.39 is 5.41 Å². The zero-order valence-electron chi connectivity index (χ0n) is 20.7. The molecule has 0 bridgehead atoms. The smallest absolute Gasteiger partial charge is 0.267 e. The number of nitrogens with one attached hydrogen (secondary N) is 1. The van der Waals surface area contributed by atoms with Crippen molar-refractivity contribution >= 4 is 11.4 Å². The molecule has 3 aromatic heterocycles. The molecular weight excluding hydrogens is 450 g/mol. The third kappa shape index (κ3) is 4.91. The second-order valence-electron chi connectivity index (χ2n) is 10.2. The highest BCUT2D eigenvalue weighted by Gasteiger charge is 2.37. The Morgan fingerprint density at radius 1 is 1.08 bits per heavy atom. The van der Waals surface area contributed by atoms with Crippen molar-refractivity contribution in [3.63, 3.8) is 0 Å². The number of hydrogen-bond donors (Lipinski definition) is 1. The molecule has 2 aliphatic rings. The van der Waals surface area contributed by atoms with E-state index in [1.54, 1.807) is 22.9 Å². The lowest BCUT2D eigenvalue weighted by Gasteiger charge is -2.37. The largest absolute Gasteiger partial charge is 0.349 e. The highest BCUT2D eigenvalue weighted by atomic mass is 16.2. The predicted molar refractivity (Wildman–Crippen MR) is 139 cm³/mol. The number of carbonyl (C=O) groups is 1. The molecule has 7 nitrogen and oxygen atoms in total. The molecule has 0 radical (unpaired) electrons. The molecule has 1 saturated heterocycles. The summed E-state index contributed by atoms with van der Waals surface area (Å²) in [5, 5.41) is 13.1. The van der Waals surface area contributed by atoms with Crippen molar-refractivity contribution in [2.75, 3.05) is 13.1 Å². The standard InChI is InChI=1S/C29H33N5O2/c30-21-29(26-12-5-7-15-31-26)13-17-33(18-14-29)20-22-19-24(28(36)34-16-8-6-11-25(22)34)27(35)32-23-9-3-1-2-4-10-23/h5-8,11-12,15-16,19,23H,1-4,9-10,13-14,17-18,20H2,(H,32,35). The van der Waals surface area contributed by atoms with Crippen LogP contribution in [0.2, 0.25) is 0 Å². The van der Waals surface area contributed by atoms with Crippen LogP contribution >= 0.6 is 0 Å². The molecule has 1 saturated carbocycles. The van der Waals surface area contributed by atoms with Crippen molar-refractivity contribution in [1.82, 2.24) is 19.6 Å². The Morgan fingerprint density at radius 3 is 2.53 bits per heavy atom. The summed E-state index contributed by atoms with van der Waals surface area (Å²) in [6, 6.07) is 15.9. The normalized spacial score (nSPS) is 18.9. The minimum Gasteiger partial charge on any atom is -0.349 e. The minimum atomic E-state index is -0.572. The molecule has 0 unspecified atom stereocenters. The van der Waals surface area contributed by atoms with Crippen LogP contribution in [0.5, 0.6) is 0 Å². The fourth-order valence-electron chi connectivity index (χ4n) is 5.70. The summed E-state index contributed by atoms with van der Waals surface area (Å²) < 4.78 is 1.59. The summed E-state index contributed by atoms with van der Waals surface area (Å²) in [5.41, 5.74) is 1.95. The summed E-state index contributed by atoms with van der Waals surface area (Å²) in [7, 11) is 0. The number of likely N-dealkylation sites (tertiary alicyclic amines) is 1. The first-order chi connectivity index (χ1) is 17.6. The molecule has 186 valence electrons. The fourth-order valence-corrected chi connectivity index (χ4v) is 5.70. The van der Waals surface area contributed by atoms with Gasteiger partial charge >= 0.3 is 0 Å². The van der Waals surface area contributed by atoms with Gasteiger partial charge in [-0.25, -0.2) is 0 Å². The van der Waals surface area contributed by atoms with E-state index in [1.165, 1.54) is 12.8 Å². The SMILES string of the molecule is N#CC1(c2ccccn2)CCN(Cc2cc(C(=O)NC3CCCCCC3)c(=O)n3ccccc23)CC1. The number of rotatable bonds is 5. The van der Waals surface area contributed by atoms with Gasteiger partial charge in [-0.2, -0.15) is 5.26 Å². The number of hydrogen-bond acceptors (Lipinski definition) is 5. The average molecular weight is 484 g/mol. The number of fused-ring (bicyclic) bond motifs is 1. The minimum absolute atomic E-state index is 0.132. The van der Waals surface area contributed by atoms with Crippen LogP contribution in [0, 0.1) is 11.3 Å². The third-order valence-electron chi connectivity index (χ3n) is 7.86. The lowest BCUT2D eigenvalue weighted by Crippen LogP contribution is -2.42. The van der Waals surface area contributed by atoms with Crippen LogP contribution < -0.4 is 10.9 Å². The van der Waals surface area contributed by atoms with E-state index in [4.69, 9.17) is 0 Å². The number of aromatic nitrogens is 2. The molecule has 0 atom stereocenters. The van der Waals surface area contributed by atoms with Gasteiger partial charge in [0.15, 0.2) is 0 Å². The van der Waals surface area contributed by atoms with Crippen molar-refractivity contribution in [2.24, 2.45) is 0 Å².